The predicted molar refractivity (Wildman–Crippen MR) is 104 cm³/mol. The molecule has 158 valence electrons. The minimum absolute atomic E-state index is 0.119. The van der Waals surface area contributed by atoms with Gasteiger partial charge in [-0.2, -0.15) is 18.2 Å². The van der Waals surface area contributed by atoms with Crippen LogP contribution in [0.5, 0.6) is 5.75 Å². The molecule has 2 aliphatic rings. The fourth-order valence-electron chi connectivity index (χ4n) is 3.38. The lowest BCUT2D eigenvalue weighted by Crippen LogP contribution is -2.51. The van der Waals surface area contributed by atoms with E-state index in [0.717, 1.165) is 0 Å². The maximum atomic E-state index is 12.4. The van der Waals surface area contributed by atoms with Crippen LogP contribution in [0.2, 0.25) is 5.02 Å². The fourth-order valence-corrected chi connectivity index (χ4v) is 4.05. The maximum Gasteiger partial charge on any atom is 0.439 e. The standard InChI is InChI=1S/C17H18ClF3N4O3S/c18-10-3-1-2-9-11(26)8-16(28-12(9)10)4-6-25(7-5-16)15(27)24-14(23)29-13(22)17(19,20)21/h1-3,11,22,26H,4-8H2,(H2,23,24,27). The van der Waals surface area contributed by atoms with Crippen LogP contribution in [0.4, 0.5) is 18.0 Å². The molecule has 12 heteroatoms. The Kier molecular flexibility index (Phi) is 6.02. The van der Waals surface area contributed by atoms with E-state index in [-0.39, 0.29) is 24.9 Å². The smallest absolute Gasteiger partial charge is 0.439 e. The molecule has 0 aliphatic carbocycles. The summed E-state index contributed by atoms with van der Waals surface area (Å²) >= 11 is 6.07. The highest BCUT2D eigenvalue weighted by molar-refractivity contribution is 8.26. The van der Waals surface area contributed by atoms with E-state index in [1.54, 1.807) is 18.2 Å². The van der Waals surface area contributed by atoms with Crippen LogP contribution in [0, 0.1) is 5.41 Å². The first-order chi connectivity index (χ1) is 13.5. The highest BCUT2D eigenvalue weighted by Crippen LogP contribution is 2.47. The highest BCUT2D eigenvalue weighted by Gasteiger charge is 2.44. The van der Waals surface area contributed by atoms with Gasteiger partial charge in [-0.3, -0.25) is 5.41 Å². The van der Waals surface area contributed by atoms with Gasteiger partial charge in [-0.15, -0.1) is 0 Å². The Bertz CT molecular complexity index is 857. The second kappa shape index (κ2) is 8.04. The number of benzene rings is 1. The largest absolute Gasteiger partial charge is 0.485 e. The number of carbonyl (C=O) groups excluding carboxylic acids is 1. The molecule has 2 amide bonds. The number of amidine groups is 1. The molecule has 1 aromatic carbocycles. The number of amides is 2. The maximum absolute atomic E-state index is 12.4. The molecule has 0 saturated carbocycles. The van der Waals surface area contributed by atoms with Gasteiger partial charge >= 0.3 is 12.2 Å². The topological polar surface area (TPSA) is 112 Å². The van der Waals surface area contributed by atoms with Crippen LogP contribution in [-0.2, 0) is 0 Å². The lowest BCUT2D eigenvalue weighted by Gasteiger charge is -2.45. The van der Waals surface area contributed by atoms with Gasteiger partial charge < -0.3 is 20.5 Å². The molecule has 1 atom stereocenters. The number of nitrogens with zero attached hydrogens (tertiary/aromatic N) is 2. The Balaban J connectivity index is 1.63. The number of ether oxygens (including phenoxy) is 1. The Morgan fingerprint density at radius 1 is 1.41 bits per heavy atom. The molecule has 2 heterocycles. The van der Waals surface area contributed by atoms with Crippen molar-refractivity contribution in [2.24, 2.45) is 10.7 Å². The lowest BCUT2D eigenvalue weighted by atomic mass is 9.82. The summed E-state index contributed by atoms with van der Waals surface area (Å²) in [5.41, 5.74) is 5.27. The van der Waals surface area contributed by atoms with Crippen LogP contribution in [0.25, 0.3) is 0 Å². The summed E-state index contributed by atoms with van der Waals surface area (Å²) in [7, 11) is 0. The number of hydrogen-bond acceptors (Lipinski definition) is 5. The van der Waals surface area contributed by atoms with E-state index in [4.69, 9.17) is 27.5 Å². The highest BCUT2D eigenvalue weighted by atomic mass is 35.5. The number of likely N-dealkylation sites (tertiary alicyclic amines) is 1. The average molecular weight is 451 g/mol. The molecular formula is C17H18ClF3N4O3S. The summed E-state index contributed by atoms with van der Waals surface area (Å²) in [4.78, 5) is 17.0. The lowest BCUT2D eigenvalue weighted by molar-refractivity contribution is -0.0561. The number of aliphatic hydroxyl groups excluding tert-OH is 1. The number of aliphatic hydroxyl groups is 1. The van der Waals surface area contributed by atoms with Crippen molar-refractivity contribution in [1.82, 2.24) is 4.90 Å². The number of thioether (sulfide) groups is 1. The van der Waals surface area contributed by atoms with Crippen molar-refractivity contribution in [3.05, 3.63) is 28.8 Å². The molecule has 1 saturated heterocycles. The molecule has 7 nitrogen and oxygen atoms in total. The van der Waals surface area contributed by atoms with E-state index in [1.807, 2.05) is 0 Å². The monoisotopic (exact) mass is 450 g/mol. The van der Waals surface area contributed by atoms with Crippen LogP contribution in [0.3, 0.4) is 0 Å². The number of aliphatic imine (C=N–C) groups is 1. The summed E-state index contributed by atoms with van der Waals surface area (Å²) in [6.45, 7) is 0.451. The molecular weight excluding hydrogens is 433 g/mol. The van der Waals surface area contributed by atoms with Crippen molar-refractivity contribution >= 4 is 39.6 Å². The van der Waals surface area contributed by atoms with Crippen LogP contribution < -0.4 is 10.5 Å². The number of nitrogens with two attached hydrogens (primary N) is 1. The van der Waals surface area contributed by atoms with E-state index in [1.165, 1.54) is 4.90 Å². The van der Waals surface area contributed by atoms with E-state index < -0.39 is 34.1 Å². The quantitative estimate of drug-likeness (QED) is 0.412. The van der Waals surface area contributed by atoms with Gasteiger partial charge in [0, 0.05) is 37.9 Å². The normalized spacial score (nSPS) is 21.5. The molecule has 1 spiro atoms. The number of hydrogen-bond donors (Lipinski definition) is 3. The van der Waals surface area contributed by atoms with Crippen LogP contribution in [0.15, 0.2) is 23.2 Å². The van der Waals surface area contributed by atoms with Gasteiger partial charge in [0.2, 0.25) is 0 Å². The first kappa shape index (κ1) is 21.7. The molecule has 1 aromatic rings. The van der Waals surface area contributed by atoms with E-state index in [9.17, 15) is 23.1 Å². The van der Waals surface area contributed by atoms with E-state index in [0.29, 0.717) is 35.6 Å². The first-order valence-electron chi connectivity index (χ1n) is 8.63. The number of piperidine rings is 1. The number of para-hydroxylation sites is 1. The van der Waals surface area contributed by atoms with Crippen molar-refractivity contribution < 1.29 is 27.8 Å². The third-order valence-corrected chi connectivity index (χ3v) is 5.89. The first-order valence-corrected chi connectivity index (χ1v) is 9.82. The predicted octanol–water partition coefficient (Wildman–Crippen LogP) is 3.70. The third-order valence-electron chi connectivity index (χ3n) is 4.86. The number of urea groups is 1. The molecule has 0 aromatic heterocycles. The Hall–Kier alpha value is -1.98. The summed E-state index contributed by atoms with van der Waals surface area (Å²) in [5, 5.41) is 15.5. The van der Waals surface area contributed by atoms with Crippen molar-refractivity contribution in [2.45, 2.75) is 37.1 Å². The summed E-state index contributed by atoms with van der Waals surface area (Å²) in [6.07, 6.45) is -4.48. The zero-order valence-corrected chi connectivity index (χ0v) is 16.6. The molecule has 1 fully saturated rings. The van der Waals surface area contributed by atoms with Crippen molar-refractivity contribution in [3.8, 4) is 5.75 Å². The zero-order chi connectivity index (χ0) is 21.4. The van der Waals surface area contributed by atoms with E-state index in [2.05, 4.69) is 4.99 Å². The fraction of sp³-hybridized carbons (Fsp3) is 0.471. The zero-order valence-electron chi connectivity index (χ0n) is 15.0. The van der Waals surface area contributed by atoms with Gasteiger partial charge in [0.05, 0.1) is 11.1 Å². The van der Waals surface area contributed by atoms with Gasteiger partial charge in [0.15, 0.2) is 10.2 Å². The SMILES string of the molecule is N=C(SC(N)=NC(=O)N1CCC2(CC1)CC(O)c1cccc(Cl)c1O2)C(F)(F)F. The van der Waals surface area contributed by atoms with Crippen molar-refractivity contribution in [3.63, 3.8) is 0 Å². The molecule has 2 aliphatic heterocycles. The number of rotatable bonds is 0. The Labute approximate surface area is 173 Å². The molecule has 4 N–H and O–H groups in total. The second-order valence-electron chi connectivity index (χ2n) is 6.81. The Morgan fingerprint density at radius 2 is 2.07 bits per heavy atom. The third kappa shape index (κ3) is 4.78. The van der Waals surface area contributed by atoms with Gasteiger partial charge in [-0.05, 0) is 17.8 Å². The molecule has 3 rings (SSSR count). The van der Waals surface area contributed by atoms with Crippen LogP contribution in [0.1, 0.15) is 30.9 Å². The number of alkyl halides is 3. The van der Waals surface area contributed by atoms with Crippen molar-refractivity contribution in [1.29, 1.82) is 5.41 Å². The molecule has 0 bridgehead atoms. The van der Waals surface area contributed by atoms with Crippen LogP contribution >= 0.6 is 23.4 Å². The number of fused-ring (bicyclic) bond motifs is 1. The number of halogens is 4. The van der Waals surface area contributed by atoms with E-state index >= 15 is 0 Å². The second-order valence-corrected chi connectivity index (χ2v) is 8.25. The minimum atomic E-state index is -4.85. The van der Waals surface area contributed by atoms with Crippen molar-refractivity contribution in [2.75, 3.05) is 13.1 Å². The summed E-state index contributed by atoms with van der Waals surface area (Å²) < 4.78 is 43.2. The molecule has 0 radical (unpaired) electrons. The summed E-state index contributed by atoms with van der Waals surface area (Å²) in [6, 6.07) is 4.35. The summed E-state index contributed by atoms with van der Waals surface area (Å²) in [5.74, 6) is 0.428. The number of carbonyl (C=O) groups is 1. The average Bonchev–Trinajstić information content (AvgIpc) is 2.62. The van der Waals surface area contributed by atoms with Gasteiger partial charge in [0.25, 0.3) is 0 Å². The number of nitrogens with one attached hydrogen (secondary N) is 1. The minimum Gasteiger partial charge on any atom is -0.485 e. The molecule has 1 unspecified atom stereocenters. The van der Waals surface area contributed by atoms with Gasteiger partial charge in [0.1, 0.15) is 11.4 Å². The Morgan fingerprint density at radius 3 is 2.69 bits per heavy atom. The molecule has 29 heavy (non-hydrogen) atoms. The van der Waals surface area contributed by atoms with Crippen LogP contribution in [-0.4, -0.2) is 51.1 Å². The van der Waals surface area contributed by atoms with Gasteiger partial charge in [-0.1, -0.05) is 23.7 Å². The van der Waals surface area contributed by atoms with Gasteiger partial charge in [-0.25, -0.2) is 4.79 Å².